The topological polar surface area (TPSA) is 65.7 Å². The van der Waals surface area contributed by atoms with Gasteiger partial charge in [-0.1, -0.05) is 64.3 Å². The lowest BCUT2D eigenvalue weighted by atomic mass is 10.1. The molecule has 4 rings (SSSR count). The van der Waals surface area contributed by atoms with E-state index in [-0.39, 0.29) is 5.56 Å². The summed E-state index contributed by atoms with van der Waals surface area (Å²) in [4.78, 5) is 17.9. The maximum absolute atomic E-state index is 13.2. The van der Waals surface area contributed by atoms with Crippen molar-refractivity contribution in [1.29, 1.82) is 0 Å². The molecule has 0 fully saturated rings. The SMILES string of the molecule is CCCc1nc2ccc(Br)cc2c(=O)n1N=Cc1cc(Cl)c(OCc2cccc(C)c2)c(OCC)c1. The van der Waals surface area contributed by atoms with Crippen LogP contribution < -0.4 is 15.0 Å². The minimum absolute atomic E-state index is 0.227. The fraction of sp³-hybridized carbons (Fsp3) is 0.250. The summed E-state index contributed by atoms with van der Waals surface area (Å²) in [6, 6.07) is 17.1. The molecule has 1 aromatic heterocycles. The number of rotatable bonds is 9. The zero-order valence-electron chi connectivity index (χ0n) is 20.4. The smallest absolute Gasteiger partial charge is 0.282 e. The van der Waals surface area contributed by atoms with Gasteiger partial charge < -0.3 is 9.47 Å². The first-order valence-corrected chi connectivity index (χ1v) is 13.0. The second kappa shape index (κ2) is 11.7. The highest BCUT2D eigenvalue weighted by Crippen LogP contribution is 2.37. The third-order valence-electron chi connectivity index (χ3n) is 5.47. The van der Waals surface area contributed by atoms with Crippen molar-refractivity contribution < 1.29 is 9.47 Å². The molecule has 4 aromatic rings. The summed E-state index contributed by atoms with van der Waals surface area (Å²) in [6.45, 7) is 6.78. The Kier molecular flexibility index (Phi) is 8.44. The van der Waals surface area contributed by atoms with Crippen LogP contribution in [0.3, 0.4) is 0 Å². The molecule has 0 aliphatic rings. The third-order valence-corrected chi connectivity index (χ3v) is 6.24. The molecule has 0 bridgehead atoms. The Labute approximate surface area is 223 Å². The molecular formula is C28H27BrClN3O3. The lowest BCUT2D eigenvalue weighted by Crippen LogP contribution is -2.22. The van der Waals surface area contributed by atoms with Gasteiger partial charge in [0.25, 0.3) is 5.56 Å². The van der Waals surface area contributed by atoms with Gasteiger partial charge in [0.05, 0.1) is 28.7 Å². The molecule has 6 nitrogen and oxygen atoms in total. The quantitative estimate of drug-likeness (QED) is 0.205. The van der Waals surface area contributed by atoms with Crippen molar-refractivity contribution in [3.63, 3.8) is 0 Å². The van der Waals surface area contributed by atoms with Gasteiger partial charge in [-0.25, -0.2) is 4.98 Å². The van der Waals surface area contributed by atoms with Gasteiger partial charge in [0.1, 0.15) is 12.4 Å². The number of halogens is 2. The Morgan fingerprint density at radius 2 is 1.94 bits per heavy atom. The highest BCUT2D eigenvalue weighted by atomic mass is 79.9. The molecule has 0 N–H and O–H groups in total. The molecule has 0 aliphatic carbocycles. The van der Waals surface area contributed by atoms with E-state index in [1.165, 1.54) is 4.68 Å². The molecule has 0 atom stereocenters. The molecule has 0 spiro atoms. The minimum Gasteiger partial charge on any atom is -0.490 e. The number of hydrogen-bond acceptors (Lipinski definition) is 5. The normalized spacial score (nSPS) is 11.4. The van der Waals surface area contributed by atoms with Crippen molar-refractivity contribution in [3.8, 4) is 11.5 Å². The van der Waals surface area contributed by atoms with Crippen molar-refractivity contribution in [3.05, 3.63) is 97.0 Å². The van der Waals surface area contributed by atoms with Crippen LogP contribution in [-0.2, 0) is 13.0 Å². The molecule has 8 heteroatoms. The number of aryl methyl sites for hydroxylation is 2. The lowest BCUT2D eigenvalue weighted by molar-refractivity contribution is 0.269. The Morgan fingerprint density at radius 1 is 1.11 bits per heavy atom. The second-order valence-electron chi connectivity index (χ2n) is 8.34. The predicted octanol–water partition coefficient (Wildman–Crippen LogP) is 6.93. The number of hydrogen-bond donors (Lipinski definition) is 0. The van der Waals surface area contributed by atoms with E-state index in [0.717, 1.165) is 22.0 Å². The summed E-state index contributed by atoms with van der Waals surface area (Å²) < 4.78 is 14.0. The molecule has 36 heavy (non-hydrogen) atoms. The first-order chi connectivity index (χ1) is 17.4. The Balaban J connectivity index is 1.69. The largest absolute Gasteiger partial charge is 0.490 e. The van der Waals surface area contributed by atoms with Gasteiger partial charge in [-0.2, -0.15) is 9.78 Å². The van der Waals surface area contributed by atoms with E-state index < -0.39 is 0 Å². The Hall–Kier alpha value is -3.16. The van der Waals surface area contributed by atoms with Crippen LogP contribution in [0.25, 0.3) is 10.9 Å². The number of ether oxygens (including phenoxy) is 2. The van der Waals surface area contributed by atoms with Gasteiger partial charge in [-0.05, 0) is 61.7 Å². The van der Waals surface area contributed by atoms with Crippen molar-refractivity contribution in [2.24, 2.45) is 5.10 Å². The molecule has 0 amide bonds. The van der Waals surface area contributed by atoms with Gasteiger partial charge in [-0.15, -0.1) is 0 Å². The van der Waals surface area contributed by atoms with Crippen LogP contribution in [0.15, 0.2) is 69.0 Å². The fourth-order valence-electron chi connectivity index (χ4n) is 3.85. The first-order valence-electron chi connectivity index (χ1n) is 11.8. The van der Waals surface area contributed by atoms with Gasteiger partial charge in [0.2, 0.25) is 0 Å². The van der Waals surface area contributed by atoms with Crippen molar-refractivity contribution >= 4 is 44.6 Å². The van der Waals surface area contributed by atoms with E-state index in [9.17, 15) is 4.79 Å². The van der Waals surface area contributed by atoms with Gasteiger partial charge in [-0.3, -0.25) is 4.79 Å². The minimum atomic E-state index is -0.227. The summed E-state index contributed by atoms with van der Waals surface area (Å²) in [7, 11) is 0. The maximum atomic E-state index is 13.2. The van der Waals surface area contributed by atoms with Crippen molar-refractivity contribution in [1.82, 2.24) is 9.66 Å². The average Bonchev–Trinajstić information content (AvgIpc) is 2.84. The van der Waals surface area contributed by atoms with Gasteiger partial charge >= 0.3 is 0 Å². The second-order valence-corrected chi connectivity index (χ2v) is 9.66. The van der Waals surface area contributed by atoms with Crippen LogP contribution in [0.4, 0.5) is 0 Å². The molecule has 0 saturated carbocycles. The van der Waals surface area contributed by atoms with E-state index in [4.69, 9.17) is 21.1 Å². The van der Waals surface area contributed by atoms with E-state index in [2.05, 4.69) is 32.1 Å². The van der Waals surface area contributed by atoms with Crippen LogP contribution in [-0.4, -0.2) is 22.5 Å². The zero-order chi connectivity index (χ0) is 25.7. The van der Waals surface area contributed by atoms with Crippen LogP contribution in [0.1, 0.15) is 42.8 Å². The van der Waals surface area contributed by atoms with Gasteiger partial charge in [0, 0.05) is 10.9 Å². The Morgan fingerprint density at radius 3 is 2.69 bits per heavy atom. The highest BCUT2D eigenvalue weighted by Gasteiger charge is 2.14. The molecule has 1 heterocycles. The van der Waals surface area contributed by atoms with E-state index >= 15 is 0 Å². The van der Waals surface area contributed by atoms with Crippen LogP contribution in [0.2, 0.25) is 5.02 Å². The van der Waals surface area contributed by atoms with Crippen molar-refractivity contribution in [2.45, 2.75) is 40.2 Å². The van der Waals surface area contributed by atoms with E-state index in [1.54, 1.807) is 24.4 Å². The maximum Gasteiger partial charge on any atom is 0.282 e. The van der Waals surface area contributed by atoms with Crippen LogP contribution in [0.5, 0.6) is 11.5 Å². The van der Waals surface area contributed by atoms with E-state index in [0.29, 0.717) is 58.4 Å². The summed E-state index contributed by atoms with van der Waals surface area (Å²) in [5, 5.41) is 5.39. The number of aromatic nitrogens is 2. The summed E-state index contributed by atoms with van der Waals surface area (Å²) in [6.07, 6.45) is 3.04. The zero-order valence-corrected chi connectivity index (χ0v) is 22.8. The molecule has 186 valence electrons. The molecule has 0 radical (unpaired) electrons. The third kappa shape index (κ3) is 5.97. The molecule has 0 saturated heterocycles. The summed E-state index contributed by atoms with van der Waals surface area (Å²) in [5.74, 6) is 1.59. The summed E-state index contributed by atoms with van der Waals surface area (Å²) >= 11 is 10.0. The highest BCUT2D eigenvalue weighted by molar-refractivity contribution is 9.10. The number of fused-ring (bicyclic) bond motifs is 1. The Bertz CT molecular complexity index is 1480. The van der Waals surface area contributed by atoms with Crippen LogP contribution >= 0.6 is 27.5 Å². The molecule has 0 aliphatic heterocycles. The average molecular weight is 569 g/mol. The number of benzene rings is 3. The molecular weight excluding hydrogens is 542 g/mol. The molecule has 0 unspecified atom stereocenters. The first kappa shape index (κ1) is 25.9. The van der Waals surface area contributed by atoms with Gasteiger partial charge in [0.15, 0.2) is 11.5 Å². The predicted molar refractivity (Wildman–Crippen MR) is 149 cm³/mol. The van der Waals surface area contributed by atoms with Crippen LogP contribution in [0, 0.1) is 6.92 Å². The number of nitrogens with zero attached hydrogens (tertiary/aromatic N) is 3. The molecule has 3 aromatic carbocycles. The summed E-state index contributed by atoms with van der Waals surface area (Å²) in [5.41, 5.74) is 3.30. The van der Waals surface area contributed by atoms with Crippen molar-refractivity contribution in [2.75, 3.05) is 6.61 Å². The standard InChI is InChI=1S/C28H27BrClN3O3/c1-4-7-26-32-24-11-10-21(29)15-22(24)28(34)33(26)31-16-20-13-23(30)27(25(14-20)35-5-2)36-17-19-9-6-8-18(3)12-19/h6,8-16H,4-5,7,17H2,1-3H3. The lowest BCUT2D eigenvalue weighted by Gasteiger charge is -2.15. The fourth-order valence-corrected chi connectivity index (χ4v) is 4.48. The monoisotopic (exact) mass is 567 g/mol. The van der Waals surface area contributed by atoms with E-state index in [1.807, 2.05) is 51.1 Å².